The summed E-state index contributed by atoms with van der Waals surface area (Å²) in [4.78, 5) is 28.6. The van der Waals surface area contributed by atoms with Crippen LogP contribution in [0.3, 0.4) is 0 Å². The van der Waals surface area contributed by atoms with E-state index in [1.165, 1.54) is 6.07 Å². The molecule has 0 bridgehead atoms. The van der Waals surface area contributed by atoms with Crippen molar-refractivity contribution in [3.8, 4) is 0 Å². The van der Waals surface area contributed by atoms with Crippen molar-refractivity contribution in [3.05, 3.63) is 58.0 Å². The number of halogens is 1. The van der Waals surface area contributed by atoms with Crippen molar-refractivity contribution in [3.63, 3.8) is 0 Å². The number of benzene rings is 1. The SMILES string of the molecule is O=C(O)CC1C(=O)N(Cc2ccccc2F)CCN1Cc1cccs1. The Kier molecular flexibility index (Phi) is 5.45. The first-order valence-electron chi connectivity index (χ1n) is 8.05. The summed E-state index contributed by atoms with van der Waals surface area (Å²) >= 11 is 1.58. The van der Waals surface area contributed by atoms with Crippen LogP contribution >= 0.6 is 11.3 Å². The fourth-order valence-corrected chi connectivity index (χ4v) is 3.77. The normalized spacial score (nSPS) is 18.5. The second kappa shape index (κ2) is 7.76. The Bertz CT molecular complexity index is 751. The first-order chi connectivity index (χ1) is 12.0. The average molecular weight is 362 g/mol. The molecule has 1 amide bonds. The van der Waals surface area contributed by atoms with Crippen LogP contribution in [-0.2, 0) is 22.7 Å². The Morgan fingerprint density at radius 1 is 1.20 bits per heavy atom. The maximum Gasteiger partial charge on any atom is 0.305 e. The molecule has 1 atom stereocenters. The van der Waals surface area contributed by atoms with E-state index in [0.29, 0.717) is 25.2 Å². The number of nitrogens with zero attached hydrogens (tertiary/aromatic N) is 2. The van der Waals surface area contributed by atoms with Gasteiger partial charge in [-0.1, -0.05) is 24.3 Å². The van der Waals surface area contributed by atoms with Crippen molar-refractivity contribution in [2.24, 2.45) is 0 Å². The highest BCUT2D eigenvalue weighted by Crippen LogP contribution is 2.22. The molecule has 1 unspecified atom stereocenters. The smallest absolute Gasteiger partial charge is 0.305 e. The van der Waals surface area contributed by atoms with Crippen LogP contribution in [-0.4, -0.2) is 45.9 Å². The van der Waals surface area contributed by atoms with Gasteiger partial charge in [0.1, 0.15) is 11.9 Å². The van der Waals surface area contributed by atoms with E-state index in [1.807, 2.05) is 22.4 Å². The van der Waals surface area contributed by atoms with E-state index in [-0.39, 0.29) is 24.7 Å². The van der Waals surface area contributed by atoms with Gasteiger partial charge in [-0.15, -0.1) is 11.3 Å². The minimum Gasteiger partial charge on any atom is -0.481 e. The molecule has 2 aromatic rings. The summed E-state index contributed by atoms with van der Waals surface area (Å²) in [5.74, 6) is -1.62. The molecule has 1 aromatic carbocycles. The van der Waals surface area contributed by atoms with E-state index in [9.17, 15) is 19.1 Å². The van der Waals surface area contributed by atoms with Gasteiger partial charge < -0.3 is 10.0 Å². The third-order valence-electron chi connectivity index (χ3n) is 4.32. The molecular formula is C18H19FN2O3S. The Morgan fingerprint density at radius 2 is 2.00 bits per heavy atom. The summed E-state index contributed by atoms with van der Waals surface area (Å²) in [7, 11) is 0. The zero-order valence-electron chi connectivity index (χ0n) is 13.6. The fourth-order valence-electron chi connectivity index (χ4n) is 3.05. The monoisotopic (exact) mass is 362 g/mol. The molecule has 1 aliphatic heterocycles. The number of rotatable bonds is 6. The lowest BCUT2D eigenvalue weighted by atomic mass is 10.1. The summed E-state index contributed by atoms with van der Waals surface area (Å²) in [6, 6.07) is 9.52. The maximum absolute atomic E-state index is 13.9. The molecular weight excluding hydrogens is 343 g/mol. The number of carboxylic acid groups (broad SMARTS) is 1. The molecule has 1 N–H and O–H groups in total. The molecule has 1 aliphatic rings. The Labute approximate surface area is 149 Å². The standard InChI is InChI=1S/C18H19FN2O3S/c19-15-6-2-1-4-13(15)11-21-8-7-20(12-14-5-3-9-25-14)16(18(21)24)10-17(22)23/h1-6,9,16H,7-8,10-12H2,(H,22,23). The summed E-state index contributed by atoms with van der Waals surface area (Å²) in [6.07, 6.45) is -0.252. The molecule has 2 heterocycles. The highest BCUT2D eigenvalue weighted by molar-refractivity contribution is 7.09. The molecule has 7 heteroatoms. The second-order valence-corrected chi connectivity index (χ2v) is 7.05. The van der Waals surface area contributed by atoms with E-state index >= 15 is 0 Å². The predicted octanol–water partition coefficient (Wildman–Crippen LogP) is 2.57. The zero-order chi connectivity index (χ0) is 17.8. The average Bonchev–Trinajstić information content (AvgIpc) is 3.08. The number of aliphatic carboxylic acids is 1. The maximum atomic E-state index is 13.9. The van der Waals surface area contributed by atoms with Gasteiger partial charge in [0.05, 0.1) is 6.42 Å². The highest BCUT2D eigenvalue weighted by atomic mass is 32.1. The Hall–Kier alpha value is -2.25. The van der Waals surface area contributed by atoms with E-state index in [1.54, 1.807) is 34.4 Å². The van der Waals surface area contributed by atoms with E-state index in [0.717, 1.165) is 4.88 Å². The summed E-state index contributed by atoms with van der Waals surface area (Å²) in [6.45, 7) is 1.73. The quantitative estimate of drug-likeness (QED) is 0.858. The van der Waals surface area contributed by atoms with Crippen LogP contribution in [0.25, 0.3) is 0 Å². The van der Waals surface area contributed by atoms with Crippen molar-refractivity contribution < 1.29 is 19.1 Å². The third kappa shape index (κ3) is 4.24. The van der Waals surface area contributed by atoms with Gasteiger partial charge in [0, 0.05) is 36.6 Å². The van der Waals surface area contributed by atoms with Gasteiger partial charge in [-0.2, -0.15) is 0 Å². The number of thiophene rings is 1. The summed E-state index contributed by atoms with van der Waals surface area (Å²) in [5, 5.41) is 11.1. The molecule has 0 saturated carbocycles. The van der Waals surface area contributed by atoms with Crippen LogP contribution in [0.15, 0.2) is 41.8 Å². The van der Waals surface area contributed by atoms with Gasteiger partial charge in [0.2, 0.25) is 5.91 Å². The van der Waals surface area contributed by atoms with Gasteiger partial charge >= 0.3 is 5.97 Å². The zero-order valence-corrected chi connectivity index (χ0v) is 14.4. The van der Waals surface area contributed by atoms with Gasteiger partial charge in [0.15, 0.2) is 0 Å². The number of carbonyl (C=O) groups is 2. The van der Waals surface area contributed by atoms with Gasteiger partial charge in [-0.3, -0.25) is 14.5 Å². The van der Waals surface area contributed by atoms with Crippen LogP contribution in [0.1, 0.15) is 16.9 Å². The van der Waals surface area contributed by atoms with E-state index in [4.69, 9.17) is 0 Å². The van der Waals surface area contributed by atoms with Crippen molar-refractivity contribution >= 4 is 23.2 Å². The minimum absolute atomic E-state index is 0.161. The Morgan fingerprint density at radius 3 is 2.68 bits per heavy atom. The molecule has 0 radical (unpaired) electrons. The van der Waals surface area contributed by atoms with Crippen molar-refractivity contribution in [1.82, 2.24) is 9.80 Å². The van der Waals surface area contributed by atoms with Crippen LogP contribution in [0.5, 0.6) is 0 Å². The van der Waals surface area contributed by atoms with Gasteiger partial charge in [-0.25, -0.2) is 4.39 Å². The number of amides is 1. The molecule has 3 rings (SSSR count). The third-order valence-corrected chi connectivity index (χ3v) is 5.18. The van der Waals surface area contributed by atoms with Gasteiger partial charge in [-0.05, 0) is 17.5 Å². The lowest BCUT2D eigenvalue weighted by molar-refractivity contribution is -0.150. The molecule has 0 spiro atoms. The number of hydrogen-bond acceptors (Lipinski definition) is 4. The fraction of sp³-hybridized carbons (Fsp3) is 0.333. The first kappa shape index (κ1) is 17.6. The topological polar surface area (TPSA) is 60.9 Å². The lowest BCUT2D eigenvalue weighted by Crippen LogP contribution is -2.56. The highest BCUT2D eigenvalue weighted by Gasteiger charge is 2.36. The Balaban J connectivity index is 1.75. The largest absolute Gasteiger partial charge is 0.481 e. The number of carboxylic acids is 1. The number of piperazine rings is 1. The lowest BCUT2D eigenvalue weighted by Gasteiger charge is -2.40. The van der Waals surface area contributed by atoms with Crippen molar-refractivity contribution in [1.29, 1.82) is 0 Å². The van der Waals surface area contributed by atoms with Crippen LogP contribution in [0, 0.1) is 5.82 Å². The summed E-state index contributed by atoms with van der Waals surface area (Å²) < 4.78 is 13.9. The number of hydrogen-bond donors (Lipinski definition) is 1. The predicted molar refractivity (Wildman–Crippen MR) is 92.6 cm³/mol. The second-order valence-electron chi connectivity index (χ2n) is 6.01. The van der Waals surface area contributed by atoms with Crippen LogP contribution in [0.2, 0.25) is 0 Å². The molecule has 5 nitrogen and oxygen atoms in total. The van der Waals surface area contributed by atoms with E-state index in [2.05, 4.69) is 0 Å². The van der Waals surface area contributed by atoms with Gasteiger partial charge in [0.25, 0.3) is 0 Å². The molecule has 1 aromatic heterocycles. The van der Waals surface area contributed by atoms with Crippen LogP contribution in [0.4, 0.5) is 4.39 Å². The minimum atomic E-state index is -1.01. The first-order valence-corrected chi connectivity index (χ1v) is 8.93. The molecule has 1 saturated heterocycles. The molecule has 0 aliphatic carbocycles. The van der Waals surface area contributed by atoms with E-state index < -0.39 is 12.0 Å². The summed E-state index contributed by atoms with van der Waals surface area (Å²) in [5.41, 5.74) is 0.441. The number of carbonyl (C=O) groups excluding carboxylic acids is 1. The van der Waals surface area contributed by atoms with Crippen LogP contribution < -0.4 is 0 Å². The van der Waals surface area contributed by atoms with Crippen molar-refractivity contribution in [2.45, 2.75) is 25.6 Å². The molecule has 132 valence electrons. The van der Waals surface area contributed by atoms with Crippen molar-refractivity contribution in [2.75, 3.05) is 13.1 Å². The molecule has 25 heavy (non-hydrogen) atoms. The molecule has 1 fully saturated rings.